The number of hydrogen-bond acceptors (Lipinski definition) is 8. The van der Waals surface area contributed by atoms with E-state index >= 15 is 0 Å². The van der Waals surface area contributed by atoms with Crippen LogP contribution >= 0.6 is 0 Å². The van der Waals surface area contributed by atoms with E-state index in [0.717, 1.165) is 70.6 Å². The van der Waals surface area contributed by atoms with Crippen LogP contribution < -0.4 is 21.7 Å². The summed E-state index contributed by atoms with van der Waals surface area (Å²) in [6, 6.07) is -1.69. The van der Waals surface area contributed by atoms with Crippen LogP contribution in [0, 0.1) is 34.5 Å². The Bertz CT molecular complexity index is 1160. The summed E-state index contributed by atoms with van der Waals surface area (Å²) in [4.78, 5) is 74.8. The molecule has 3 aliphatic rings. The number of ketones is 1. The van der Waals surface area contributed by atoms with Gasteiger partial charge in [-0.1, -0.05) is 108 Å². The average molecular weight is 779 g/mol. The molecule has 2 saturated carbocycles. The Morgan fingerprint density at radius 1 is 0.945 bits per heavy atom. The molecule has 0 aromatic rings. The molecule has 7 unspecified atom stereocenters. The van der Waals surface area contributed by atoms with Crippen molar-refractivity contribution in [1.29, 1.82) is 0 Å². The van der Waals surface area contributed by atoms with Crippen LogP contribution in [0.2, 0.25) is 0 Å². The summed E-state index contributed by atoms with van der Waals surface area (Å²) in [5, 5.41) is 8.78. The third-order valence-corrected chi connectivity index (χ3v) is 11.1. The van der Waals surface area contributed by atoms with Gasteiger partial charge in [-0.3, -0.25) is 19.3 Å². The van der Waals surface area contributed by atoms with Gasteiger partial charge in [0.05, 0.1) is 18.1 Å². The smallest absolute Gasteiger partial charge is 0.315 e. The second-order valence-corrected chi connectivity index (χ2v) is 17.9. The van der Waals surface area contributed by atoms with E-state index in [9.17, 15) is 28.8 Å². The minimum absolute atomic E-state index is 0.0186. The number of primary amides is 1. The second kappa shape index (κ2) is 26.1. The van der Waals surface area contributed by atoms with E-state index in [1.807, 2.05) is 46.7 Å². The first kappa shape index (κ1) is 52.1. The van der Waals surface area contributed by atoms with E-state index in [1.54, 1.807) is 0 Å². The molecule has 3 rings (SSSR count). The van der Waals surface area contributed by atoms with Crippen molar-refractivity contribution < 1.29 is 28.8 Å². The number of carbonyl (C=O) groups excluding carboxylic acids is 6. The first-order valence-electron chi connectivity index (χ1n) is 21.2. The molecule has 0 bridgehead atoms. The number of hydrogen-bond donors (Lipinski definition) is 4. The monoisotopic (exact) mass is 779 g/mol. The fraction of sp³-hybridized carbons (Fsp3) is 0.860. The highest BCUT2D eigenvalue weighted by atomic mass is 16.2. The lowest BCUT2D eigenvalue weighted by Gasteiger charge is -2.36. The van der Waals surface area contributed by atoms with Crippen LogP contribution in [0.5, 0.6) is 0 Å². The number of rotatable bonds is 18. The zero-order valence-corrected chi connectivity index (χ0v) is 37.1. The Kier molecular flexibility index (Phi) is 24.8. The quantitative estimate of drug-likeness (QED) is 0.0950. The first-order chi connectivity index (χ1) is 25.7. The number of carbonyl (C=O) groups is 6. The Morgan fingerprint density at radius 3 is 1.98 bits per heavy atom. The second-order valence-electron chi connectivity index (χ2n) is 17.9. The van der Waals surface area contributed by atoms with Gasteiger partial charge in [0, 0.05) is 25.6 Å². The number of likely N-dealkylation sites (N-methyl/N-ethyl adjacent to an activating group) is 2. The summed E-state index contributed by atoms with van der Waals surface area (Å²) in [6.45, 7) is 25.3. The van der Waals surface area contributed by atoms with Gasteiger partial charge in [0.25, 0.3) is 5.91 Å². The molecule has 2 aliphatic carbocycles. The normalized spacial score (nSPS) is 21.6. The molecule has 12 heteroatoms. The SMILES string of the molecule is CC.CCC.CCC(C)CC(NC(=O)C1C2CC2CN1C)C(=O)C(N)=O.CN(CCC(C)(C)CC=O)CC(NC(=O)NC(C=O)C1CCCCC1)C(C)(C)C. The van der Waals surface area contributed by atoms with Crippen LogP contribution in [-0.2, 0) is 24.0 Å². The molecule has 3 fully saturated rings. The Labute approximate surface area is 335 Å². The molecule has 1 saturated heterocycles. The fourth-order valence-electron chi connectivity index (χ4n) is 7.17. The van der Waals surface area contributed by atoms with E-state index in [1.165, 1.54) is 12.8 Å². The van der Waals surface area contributed by atoms with Gasteiger partial charge in [-0.05, 0) is 87.2 Å². The fourth-order valence-corrected chi connectivity index (χ4v) is 7.17. The van der Waals surface area contributed by atoms with Gasteiger partial charge in [0.1, 0.15) is 12.6 Å². The van der Waals surface area contributed by atoms with Crippen LogP contribution in [0.25, 0.3) is 0 Å². The van der Waals surface area contributed by atoms with Crippen molar-refractivity contribution in [2.24, 2.45) is 40.2 Å². The first-order valence-corrected chi connectivity index (χ1v) is 21.2. The highest BCUT2D eigenvalue weighted by molar-refractivity contribution is 6.37. The summed E-state index contributed by atoms with van der Waals surface area (Å²) < 4.78 is 0. The van der Waals surface area contributed by atoms with Gasteiger partial charge in [0.15, 0.2) is 0 Å². The average Bonchev–Trinajstić information content (AvgIpc) is 3.79. The molecule has 1 aliphatic heterocycles. The number of amides is 4. The van der Waals surface area contributed by atoms with Gasteiger partial charge < -0.3 is 36.2 Å². The van der Waals surface area contributed by atoms with Gasteiger partial charge in [-0.25, -0.2) is 4.79 Å². The van der Waals surface area contributed by atoms with Crippen LogP contribution in [0.15, 0.2) is 0 Å². The summed E-state index contributed by atoms with van der Waals surface area (Å²) in [5.74, 6) is -0.306. The number of Topliss-reactive ketones (excluding diaryl/α,β-unsaturated/α-hetero) is 1. The summed E-state index contributed by atoms with van der Waals surface area (Å²) in [6.07, 6.45) is 12.5. The molecule has 5 N–H and O–H groups in total. The van der Waals surface area contributed by atoms with E-state index in [0.29, 0.717) is 31.2 Å². The molecule has 0 spiro atoms. The van der Waals surface area contributed by atoms with Crippen molar-refractivity contribution in [3.63, 3.8) is 0 Å². The van der Waals surface area contributed by atoms with Gasteiger partial charge in [0.2, 0.25) is 11.7 Å². The Balaban J connectivity index is 0.000000983. The van der Waals surface area contributed by atoms with Crippen LogP contribution in [0.1, 0.15) is 147 Å². The lowest BCUT2D eigenvalue weighted by molar-refractivity contribution is -0.139. The van der Waals surface area contributed by atoms with Crippen LogP contribution in [-0.4, -0.2) is 104 Å². The lowest BCUT2D eigenvalue weighted by Crippen LogP contribution is -2.55. The zero-order valence-electron chi connectivity index (χ0n) is 37.1. The predicted molar refractivity (Wildman–Crippen MR) is 223 cm³/mol. The highest BCUT2D eigenvalue weighted by Gasteiger charge is 2.54. The third kappa shape index (κ3) is 19.7. The zero-order chi connectivity index (χ0) is 42.5. The van der Waals surface area contributed by atoms with Gasteiger partial charge >= 0.3 is 6.03 Å². The number of nitrogens with two attached hydrogens (primary N) is 1. The number of urea groups is 1. The maximum absolute atomic E-state index is 12.7. The van der Waals surface area contributed by atoms with Crippen LogP contribution in [0.4, 0.5) is 4.79 Å². The highest BCUT2D eigenvalue weighted by Crippen LogP contribution is 2.48. The van der Waals surface area contributed by atoms with Crippen molar-refractivity contribution in [2.75, 3.05) is 33.7 Å². The maximum atomic E-state index is 12.7. The summed E-state index contributed by atoms with van der Waals surface area (Å²) in [7, 11) is 3.97. The summed E-state index contributed by atoms with van der Waals surface area (Å²) in [5.41, 5.74) is 4.96. The number of likely N-dealkylation sites (tertiary alicyclic amines) is 1. The molecule has 4 amide bonds. The molecule has 12 nitrogen and oxygen atoms in total. The molecule has 0 aromatic carbocycles. The molecular formula is C43H82N6O6. The molecule has 0 radical (unpaired) electrons. The number of fused-ring (bicyclic) bond motifs is 1. The van der Waals surface area contributed by atoms with Gasteiger partial charge in [-0.2, -0.15) is 0 Å². The standard InChI is InChI=1S/C23H43N3O3.C15H25N3O3.C3H8.C2H6/c1-22(2,3)20(16-26(6)14-12-23(4,5)13-15-27)25-21(29)24-19(17-28)18-10-8-7-9-11-18;1-4-8(2)5-11(13(19)14(16)20)17-15(21)12-10-6-9(10)7-18(12)3;1-3-2;1-2/h15,17-20H,7-14,16H2,1-6H3,(H2,24,25,29);8-12H,4-7H2,1-3H3,(H2,16,20)(H,17,21);3H2,1-2H3;1-2H3. The number of nitrogens with zero attached hydrogens (tertiary/aromatic N) is 2. The van der Waals surface area contributed by atoms with Crippen molar-refractivity contribution >= 4 is 36.2 Å². The molecule has 7 atom stereocenters. The van der Waals surface area contributed by atoms with E-state index in [4.69, 9.17) is 5.73 Å². The molecule has 0 aromatic heterocycles. The van der Waals surface area contributed by atoms with E-state index < -0.39 is 23.8 Å². The minimum Gasteiger partial charge on any atom is -0.363 e. The van der Waals surface area contributed by atoms with E-state index in [2.05, 4.69) is 69.3 Å². The predicted octanol–water partition coefficient (Wildman–Crippen LogP) is 6.14. The van der Waals surface area contributed by atoms with Crippen molar-refractivity contribution in [2.45, 2.75) is 171 Å². The Morgan fingerprint density at radius 2 is 1.53 bits per heavy atom. The third-order valence-electron chi connectivity index (χ3n) is 11.1. The van der Waals surface area contributed by atoms with Crippen molar-refractivity contribution in [3.05, 3.63) is 0 Å². The molecule has 320 valence electrons. The Hall–Kier alpha value is -2.86. The maximum Gasteiger partial charge on any atom is 0.315 e. The molecule has 55 heavy (non-hydrogen) atoms. The molecule has 1 heterocycles. The number of aldehydes is 2. The molecular weight excluding hydrogens is 697 g/mol. The summed E-state index contributed by atoms with van der Waals surface area (Å²) >= 11 is 0. The van der Waals surface area contributed by atoms with Crippen molar-refractivity contribution in [1.82, 2.24) is 25.8 Å². The largest absolute Gasteiger partial charge is 0.363 e. The number of piperidine rings is 1. The number of nitrogens with one attached hydrogen (secondary N) is 3. The topological polar surface area (TPSA) is 171 Å². The van der Waals surface area contributed by atoms with Crippen LogP contribution in [0.3, 0.4) is 0 Å². The van der Waals surface area contributed by atoms with E-state index in [-0.39, 0.29) is 46.7 Å². The lowest BCUT2D eigenvalue weighted by atomic mass is 9.84. The van der Waals surface area contributed by atoms with Gasteiger partial charge in [-0.15, -0.1) is 0 Å². The van der Waals surface area contributed by atoms with Crippen molar-refractivity contribution in [3.8, 4) is 0 Å². The minimum atomic E-state index is -0.979.